The lowest BCUT2D eigenvalue weighted by Gasteiger charge is -2.37. The molecule has 0 aromatic heterocycles. The van der Waals surface area contributed by atoms with Crippen LogP contribution in [0.1, 0.15) is 0 Å². The molecular formula is C18H16Cl4N4S2. The van der Waals surface area contributed by atoms with Crippen LogP contribution in [0.3, 0.4) is 0 Å². The fourth-order valence-corrected chi connectivity index (χ4v) is 3.86. The highest BCUT2D eigenvalue weighted by atomic mass is 35.5. The number of piperazine rings is 1. The van der Waals surface area contributed by atoms with E-state index in [0.29, 0.717) is 30.3 Å². The van der Waals surface area contributed by atoms with Crippen molar-refractivity contribution in [3.05, 3.63) is 56.5 Å². The average Bonchev–Trinajstić information content (AvgIpc) is 2.67. The zero-order valence-corrected chi connectivity index (χ0v) is 19.2. The molecule has 0 atom stereocenters. The van der Waals surface area contributed by atoms with Crippen molar-refractivity contribution in [2.75, 3.05) is 36.8 Å². The van der Waals surface area contributed by atoms with Gasteiger partial charge in [-0.2, -0.15) is 0 Å². The van der Waals surface area contributed by atoms with Crippen LogP contribution >= 0.6 is 70.8 Å². The second-order valence-corrected chi connectivity index (χ2v) is 8.49. The van der Waals surface area contributed by atoms with Crippen molar-refractivity contribution >= 4 is 92.4 Å². The Hall–Kier alpha value is -1.02. The van der Waals surface area contributed by atoms with Crippen LogP contribution in [0, 0.1) is 0 Å². The summed E-state index contributed by atoms with van der Waals surface area (Å²) in [6.07, 6.45) is 0. The molecule has 2 aromatic rings. The number of benzene rings is 2. The summed E-state index contributed by atoms with van der Waals surface area (Å²) in [5, 5.41) is 9.66. The Morgan fingerprint density at radius 2 is 1.00 bits per heavy atom. The first-order valence-corrected chi connectivity index (χ1v) is 10.7. The Balaban J connectivity index is 1.51. The summed E-state index contributed by atoms with van der Waals surface area (Å²) in [5.41, 5.74) is 1.61. The van der Waals surface area contributed by atoms with Gasteiger partial charge in [-0.25, -0.2) is 0 Å². The van der Waals surface area contributed by atoms with E-state index in [-0.39, 0.29) is 0 Å². The maximum Gasteiger partial charge on any atom is 0.173 e. The SMILES string of the molecule is S=C(Nc1ccc(Cl)c(Cl)c1)N1CCN(C(=S)Nc2ccc(Cl)c(Cl)c2)CC1. The van der Waals surface area contributed by atoms with Gasteiger partial charge in [0.25, 0.3) is 0 Å². The van der Waals surface area contributed by atoms with Crippen LogP contribution in [0.2, 0.25) is 20.1 Å². The largest absolute Gasteiger partial charge is 0.345 e. The molecule has 0 spiro atoms. The molecule has 0 saturated carbocycles. The molecule has 0 amide bonds. The lowest BCUT2D eigenvalue weighted by atomic mass is 10.3. The maximum atomic E-state index is 6.05. The Morgan fingerprint density at radius 3 is 1.32 bits per heavy atom. The molecule has 0 unspecified atom stereocenters. The number of nitrogens with zero attached hydrogens (tertiary/aromatic N) is 2. The molecule has 28 heavy (non-hydrogen) atoms. The fourth-order valence-electron chi connectivity index (χ4n) is 2.67. The quantitative estimate of drug-likeness (QED) is 0.498. The van der Waals surface area contributed by atoms with Crippen molar-refractivity contribution < 1.29 is 0 Å². The predicted molar refractivity (Wildman–Crippen MR) is 129 cm³/mol. The second kappa shape index (κ2) is 9.65. The molecule has 4 nitrogen and oxygen atoms in total. The smallest absolute Gasteiger partial charge is 0.173 e. The van der Waals surface area contributed by atoms with Crippen molar-refractivity contribution in [2.45, 2.75) is 0 Å². The third-order valence-electron chi connectivity index (χ3n) is 4.20. The molecule has 0 radical (unpaired) electrons. The summed E-state index contributed by atoms with van der Waals surface area (Å²) in [7, 11) is 0. The molecule has 2 N–H and O–H groups in total. The van der Waals surface area contributed by atoms with Gasteiger partial charge in [0, 0.05) is 37.6 Å². The van der Waals surface area contributed by atoms with Gasteiger partial charge in [-0.1, -0.05) is 46.4 Å². The second-order valence-electron chi connectivity index (χ2n) is 6.09. The molecule has 0 bridgehead atoms. The highest BCUT2D eigenvalue weighted by molar-refractivity contribution is 7.80. The third-order valence-corrected chi connectivity index (χ3v) is 6.39. The molecule has 1 aliphatic rings. The molecular weight excluding hydrogens is 478 g/mol. The monoisotopic (exact) mass is 492 g/mol. The van der Waals surface area contributed by atoms with Crippen molar-refractivity contribution in [1.82, 2.24) is 9.80 Å². The highest BCUT2D eigenvalue weighted by Gasteiger charge is 2.21. The summed E-state index contributed by atoms with van der Waals surface area (Å²) in [5.74, 6) is 0. The number of nitrogens with one attached hydrogen (secondary N) is 2. The van der Waals surface area contributed by atoms with Crippen LogP contribution in [-0.2, 0) is 0 Å². The van der Waals surface area contributed by atoms with E-state index in [9.17, 15) is 0 Å². The molecule has 1 aliphatic heterocycles. The van der Waals surface area contributed by atoms with E-state index in [1.807, 2.05) is 12.1 Å². The van der Waals surface area contributed by atoms with E-state index in [1.165, 1.54) is 0 Å². The average molecular weight is 494 g/mol. The van der Waals surface area contributed by atoms with Gasteiger partial charge in [-0.3, -0.25) is 0 Å². The van der Waals surface area contributed by atoms with E-state index in [1.54, 1.807) is 24.3 Å². The summed E-state index contributed by atoms with van der Waals surface area (Å²) < 4.78 is 0. The number of hydrogen-bond acceptors (Lipinski definition) is 2. The van der Waals surface area contributed by atoms with Crippen LogP contribution in [0.4, 0.5) is 11.4 Å². The minimum Gasteiger partial charge on any atom is -0.345 e. The predicted octanol–water partition coefficient (Wildman–Crippen LogP) is 6.01. The molecule has 1 heterocycles. The van der Waals surface area contributed by atoms with Crippen LogP contribution < -0.4 is 10.6 Å². The van der Waals surface area contributed by atoms with Crippen LogP contribution in [0.5, 0.6) is 0 Å². The van der Waals surface area contributed by atoms with E-state index < -0.39 is 0 Å². The minimum atomic E-state index is 0.484. The third kappa shape index (κ3) is 5.53. The first-order chi connectivity index (χ1) is 13.3. The van der Waals surface area contributed by atoms with Crippen molar-refractivity contribution in [3.63, 3.8) is 0 Å². The molecule has 10 heteroatoms. The summed E-state index contributed by atoms with van der Waals surface area (Å²) in [6.45, 7) is 2.99. The van der Waals surface area contributed by atoms with Crippen molar-refractivity contribution in [2.24, 2.45) is 0 Å². The van der Waals surface area contributed by atoms with Gasteiger partial charge in [-0.15, -0.1) is 0 Å². The summed E-state index contributed by atoms with van der Waals surface area (Å²) >= 11 is 35.0. The van der Waals surface area contributed by atoms with Gasteiger partial charge < -0.3 is 20.4 Å². The number of rotatable bonds is 2. The Morgan fingerprint density at radius 1 is 0.643 bits per heavy atom. The standard InChI is InChI=1S/C18H16Cl4N4S2/c19-13-3-1-11(9-15(13)21)23-17(27)25-5-7-26(8-6-25)18(28)24-12-2-4-14(20)16(22)10-12/h1-4,9-10H,5-8H2,(H,23,27)(H,24,28). The minimum absolute atomic E-state index is 0.484. The van der Waals surface area contributed by atoms with Gasteiger partial charge in [0.1, 0.15) is 0 Å². The Bertz CT molecular complexity index is 828. The first-order valence-electron chi connectivity index (χ1n) is 8.35. The normalized spacial score (nSPS) is 14.0. The number of halogens is 4. The highest BCUT2D eigenvalue weighted by Crippen LogP contribution is 2.26. The van der Waals surface area contributed by atoms with Crippen molar-refractivity contribution in [3.8, 4) is 0 Å². The fraction of sp³-hybridized carbons (Fsp3) is 0.222. The molecule has 148 valence electrons. The lowest BCUT2D eigenvalue weighted by Crippen LogP contribution is -2.52. The van der Waals surface area contributed by atoms with Crippen LogP contribution in [-0.4, -0.2) is 46.2 Å². The zero-order chi connectivity index (χ0) is 20.3. The van der Waals surface area contributed by atoms with Gasteiger partial charge in [0.05, 0.1) is 20.1 Å². The van der Waals surface area contributed by atoms with Gasteiger partial charge in [0.15, 0.2) is 10.2 Å². The molecule has 0 aliphatic carbocycles. The topological polar surface area (TPSA) is 30.5 Å². The Kier molecular flexibility index (Phi) is 7.48. The molecule has 1 fully saturated rings. The lowest BCUT2D eigenvalue weighted by molar-refractivity contribution is 0.264. The number of anilines is 2. The summed E-state index contributed by atoms with van der Waals surface area (Å²) in [6, 6.07) is 10.7. The van der Waals surface area contributed by atoms with Gasteiger partial charge >= 0.3 is 0 Å². The Labute approximate surface area is 194 Å². The van der Waals surface area contributed by atoms with E-state index in [4.69, 9.17) is 70.8 Å². The maximum absolute atomic E-state index is 6.05. The van der Waals surface area contributed by atoms with Crippen LogP contribution in [0.15, 0.2) is 36.4 Å². The first kappa shape index (κ1) is 21.7. The molecule has 2 aromatic carbocycles. The molecule has 3 rings (SSSR count). The van der Waals surface area contributed by atoms with E-state index >= 15 is 0 Å². The molecule has 1 saturated heterocycles. The summed E-state index contributed by atoms with van der Waals surface area (Å²) in [4.78, 5) is 4.19. The van der Waals surface area contributed by atoms with Crippen LogP contribution in [0.25, 0.3) is 0 Å². The number of hydrogen-bond donors (Lipinski definition) is 2. The van der Waals surface area contributed by atoms with E-state index in [0.717, 1.165) is 37.6 Å². The zero-order valence-electron chi connectivity index (χ0n) is 14.5. The van der Waals surface area contributed by atoms with E-state index in [2.05, 4.69) is 20.4 Å². The van der Waals surface area contributed by atoms with Gasteiger partial charge in [0.2, 0.25) is 0 Å². The number of thiocarbonyl (C=S) groups is 2. The van der Waals surface area contributed by atoms with Gasteiger partial charge in [-0.05, 0) is 60.8 Å². The van der Waals surface area contributed by atoms with Crippen molar-refractivity contribution in [1.29, 1.82) is 0 Å².